The summed E-state index contributed by atoms with van der Waals surface area (Å²) < 4.78 is 31.3. The molecule has 0 aliphatic carbocycles. The molecule has 0 saturated heterocycles. The first-order valence-corrected chi connectivity index (χ1v) is 9.72. The molecule has 2 rings (SSSR count). The van der Waals surface area contributed by atoms with Crippen molar-refractivity contribution in [2.45, 2.75) is 25.2 Å². The summed E-state index contributed by atoms with van der Waals surface area (Å²) in [5, 5.41) is 0.473. The Balaban J connectivity index is 2.17. The van der Waals surface area contributed by atoms with E-state index in [-0.39, 0.29) is 28.2 Å². The van der Waals surface area contributed by atoms with Gasteiger partial charge in [-0.2, -0.15) is 4.37 Å². The van der Waals surface area contributed by atoms with Crippen molar-refractivity contribution in [3.8, 4) is 0 Å². The van der Waals surface area contributed by atoms with Gasteiger partial charge in [0.25, 0.3) is 10.0 Å². The molecule has 2 aromatic rings. The number of nitrogens with one attached hydrogen (secondary N) is 1. The fourth-order valence-corrected chi connectivity index (χ4v) is 4.17. The number of hydrogen-bond acceptors (Lipinski definition) is 6. The van der Waals surface area contributed by atoms with E-state index in [1.807, 2.05) is 6.92 Å². The molecule has 10 heteroatoms. The van der Waals surface area contributed by atoms with E-state index in [2.05, 4.69) is 14.1 Å². The van der Waals surface area contributed by atoms with Gasteiger partial charge in [0.15, 0.2) is 5.82 Å². The maximum absolute atomic E-state index is 12.5. The fourth-order valence-electron chi connectivity index (χ4n) is 1.86. The third kappa shape index (κ3) is 4.22. The van der Waals surface area contributed by atoms with E-state index in [1.54, 1.807) is 31.0 Å². The van der Waals surface area contributed by atoms with Gasteiger partial charge >= 0.3 is 0 Å². The number of nitrogens with zero attached hydrogens (tertiary/aromatic N) is 3. The van der Waals surface area contributed by atoms with E-state index in [1.165, 1.54) is 6.07 Å². The minimum Gasteiger partial charge on any atom is -0.346 e. The zero-order chi connectivity index (χ0) is 17.9. The Morgan fingerprint density at radius 1 is 1.42 bits per heavy atom. The highest BCUT2D eigenvalue weighted by Crippen LogP contribution is 2.25. The molecule has 0 radical (unpaired) electrons. The normalized spacial score (nSPS) is 11.3. The number of amides is 1. The number of anilines is 1. The minimum atomic E-state index is -3.82. The van der Waals surface area contributed by atoms with Gasteiger partial charge in [-0.15, -0.1) is 0 Å². The molecule has 0 fully saturated rings. The Labute approximate surface area is 149 Å². The van der Waals surface area contributed by atoms with Crippen molar-refractivity contribution in [2.24, 2.45) is 0 Å². The third-order valence-corrected chi connectivity index (χ3v) is 6.10. The summed E-state index contributed by atoms with van der Waals surface area (Å²) in [6.45, 7) is 4.07. The number of rotatable bonds is 6. The summed E-state index contributed by atoms with van der Waals surface area (Å²) >= 11 is 6.86. The third-order valence-electron chi connectivity index (χ3n) is 3.41. The number of benzene rings is 1. The number of sulfonamides is 1. The molecule has 0 atom stereocenters. The summed E-state index contributed by atoms with van der Waals surface area (Å²) in [6.07, 6.45) is 0.0265. The fraction of sp³-hybridized carbons (Fsp3) is 0.357. The Bertz CT molecular complexity index is 851. The molecule has 1 aromatic heterocycles. The highest BCUT2D eigenvalue weighted by atomic mass is 35.5. The number of halogens is 1. The second-order valence-corrected chi connectivity index (χ2v) is 7.88. The van der Waals surface area contributed by atoms with Gasteiger partial charge in [-0.3, -0.25) is 9.52 Å². The van der Waals surface area contributed by atoms with Crippen LogP contribution in [-0.4, -0.2) is 42.2 Å². The van der Waals surface area contributed by atoms with E-state index in [0.717, 1.165) is 11.5 Å². The van der Waals surface area contributed by atoms with Crippen LogP contribution in [0.2, 0.25) is 5.02 Å². The molecule has 1 aromatic carbocycles. The molecule has 1 heterocycles. The Morgan fingerprint density at radius 3 is 2.79 bits per heavy atom. The Morgan fingerprint density at radius 2 is 2.12 bits per heavy atom. The van der Waals surface area contributed by atoms with Crippen LogP contribution >= 0.6 is 23.1 Å². The zero-order valence-corrected chi connectivity index (χ0v) is 15.8. The summed E-state index contributed by atoms with van der Waals surface area (Å²) in [6, 6.07) is 4.65. The van der Waals surface area contributed by atoms with E-state index in [4.69, 9.17) is 11.6 Å². The van der Waals surface area contributed by atoms with Crippen molar-refractivity contribution in [3.05, 3.63) is 34.6 Å². The van der Waals surface area contributed by atoms with Crippen molar-refractivity contribution in [1.29, 1.82) is 0 Å². The van der Waals surface area contributed by atoms with Crippen LogP contribution in [0.3, 0.4) is 0 Å². The first-order chi connectivity index (χ1) is 11.2. The smallest absolute Gasteiger partial charge is 0.264 e. The predicted molar refractivity (Wildman–Crippen MR) is 93.9 cm³/mol. The molecule has 7 nitrogen and oxygen atoms in total. The second-order valence-electron chi connectivity index (χ2n) is 5.07. The highest BCUT2D eigenvalue weighted by Gasteiger charge is 2.21. The number of carbonyl (C=O) groups excluding carboxylic acids is 1. The summed E-state index contributed by atoms with van der Waals surface area (Å²) in [7, 11) is -2.14. The van der Waals surface area contributed by atoms with E-state index in [9.17, 15) is 13.2 Å². The minimum absolute atomic E-state index is 0.0265. The predicted octanol–water partition coefficient (Wildman–Crippen LogP) is 2.32. The number of carbonyl (C=O) groups is 1. The van der Waals surface area contributed by atoms with Crippen molar-refractivity contribution < 1.29 is 13.2 Å². The van der Waals surface area contributed by atoms with Gasteiger partial charge in [-0.1, -0.05) is 17.7 Å². The summed E-state index contributed by atoms with van der Waals surface area (Å²) in [4.78, 5) is 17.5. The van der Waals surface area contributed by atoms with Crippen LogP contribution in [0.1, 0.15) is 18.3 Å². The van der Waals surface area contributed by atoms with Crippen LogP contribution in [0.25, 0.3) is 0 Å². The molecular weight excluding hydrogens is 372 g/mol. The van der Waals surface area contributed by atoms with Gasteiger partial charge in [0.2, 0.25) is 11.0 Å². The standard InChI is InChI=1S/C14H17ClN4O3S2/c1-4-19(3)13(20)8-12-16-14(23-17-12)18-24(21,22)11-7-5-6-10(15)9(11)2/h5-7H,4,8H2,1-3H3,(H,16,17,18). The highest BCUT2D eigenvalue weighted by molar-refractivity contribution is 7.93. The largest absolute Gasteiger partial charge is 0.346 e. The van der Waals surface area contributed by atoms with Crippen LogP contribution in [-0.2, 0) is 21.2 Å². The topological polar surface area (TPSA) is 92.3 Å². The van der Waals surface area contributed by atoms with Crippen LogP contribution < -0.4 is 4.72 Å². The van der Waals surface area contributed by atoms with Crippen LogP contribution in [0.4, 0.5) is 5.13 Å². The maximum Gasteiger partial charge on any atom is 0.264 e. The molecule has 0 aliphatic rings. The molecular formula is C14H17ClN4O3S2. The van der Waals surface area contributed by atoms with Crippen LogP contribution in [0.5, 0.6) is 0 Å². The lowest BCUT2D eigenvalue weighted by Crippen LogP contribution is -2.28. The van der Waals surface area contributed by atoms with E-state index >= 15 is 0 Å². The maximum atomic E-state index is 12.5. The number of aromatic nitrogens is 2. The van der Waals surface area contributed by atoms with Gasteiger partial charge in [0.1, 0.15) is 0 Å². The average molecular weight is 389 g/mol. The first-order valence-electron chi connectivity index (χ1n) is 7.09. The molecule has 0 saturated carbocycles. The summed E-state index contributed by atoms with van der Waals surface area (Å²) in [5.74, 6) is 0.154. The SMILES string of the molecule is CCN(C)C(=O)Cc1nsc(NS(=O)(=O)c2cccc(Cl)c2C)n1. The lowest BCUT2D eigenvalue weighted by Gasteiger charge is -2.12. The van der Waals surface area contributed by atoms with Gasteiger partial charge in [-0.25, -0.2) is 13.4 Å². The molecule has 0 aliphatic heterocycles. The van der Waals surface area contributed by atoms with Crippen LogP contribution in [0.15, 0.2) is 23.1 Å². The van der Waals surface area contributed by atoms with Crippen LogP contribution in [0, 0.1) is 6.92 Å². The average Bonchev–Trinajstić information content (AvgIpc) is 2.95. The molecule has 0 unspecified atom stereocenters. The van der Waals surface area contributed by atoms with E-state index < -0.39 is 10.0 Å². The lowest BCUT2D eigenvalue weighted by atomic mass is 10.2. The molecule has 1 amide bonds. The molecule has 24 heavy (non-hydrogen) atoms. The molecule has 0 bridgehead atoms. The number of likely N-dealkylation sites (N-methyl/N-ethyl adjacent to an activating group) is 1. The van der Waals surface area contributed by atoms with Crippen molar-refractivity contribution in [2.75, 3.05) is 18.3 Å². The van der Waals surface area contributed by atoms with E-state index in [0.29, 0.717) is 17.1 Å². The first kappa shape index (κ1) is 18.6. The van der Waals surface area contributed by atoms with Gasteiger partial charge < -0.3 is 4.90 Å². The summed E-state index contributed by atoms with van der Waals surface area (Å²) in [5.41, 5.74) is 0.455. The van der Waals surface area contributed by atoms with Crippen molar-refractivity contribution in [3.63, 3.8) is 0 Å². The quantitative estimate of drug-likeness (QED) is 0.819. The monoisotopic (exact) mass is 388 g/mol. The molecule has 130 valence electrons. The van der Waals surface area contributed by atoms with Gasteiger partial charge in [0.05, 0.1) is 11.3 Å². The second kappa shape index (κ2) is 7.45. The van der Waals surface area contributed by atoms with Gasteiger partial charge in [-0.05, 0) is 31.5 Å². The Hall–Kier alpha value is -1.71. The molecule has 0 spiro atoms. The van der Waals surface area contributed by atoms with Gasteiger partial charge in [0, 0.05) is 30.1 Å². The Kier molecular flexibility index (Phi) is 5.79. The van der Waals surface area contributed by atoms with Crippen molar-refractivity contribution in [1.82, 2.24) is 14.3 Å². The zero-order valence-electron chi connectivity index (χ0n) is 13.4. The number of hydrogen-bond donors (Lipinski definition) is 1. The lowest BCUT2D eigenvalue weighted by molar-refractivity contribution is -0.129. The molecule has 1 N–H and O–H groups in total. The van der Waals surface area contributed by atoms with Crippen molar-refractivity contribution >= 4 is 44.2 Å².